The van der Waals surface area contributed by atoms with Gasteiger partial charge in [0.15, 0.2) is 0 Å². The van der Waals surface area contributed by atoms with Crippen LogP contribution in [0, 0.1) is 0 Å². The smallest absolute Gasteiger partial charge is 0.272 e. The number of halogens is 1. The van der Waals surface area contributed by atoms with Crippen LogP contribution >= 0.6 is 15.9 Å². The number of ether oxygens (including phenoxy) is 1. The van der Waals surface area contributed by atoms with Crippen LogP contribution in [0.3, 0.4) is 0 Å². The third kappa shape index (κ3) is 2.76. The first-order chi connectivity index (χ1) is 9.74. The molecule has 0 aliphatic carbocycles. The normalized spacial score (nSPS) is 19.1. The number of benzene rings is 1. The fourth-order valence-corrected chi connectivity index (χ4v) is 2.52. The number of carbonyl (C=O) groups excluding carboxylic acids is 1. The Labute approximate surface area is 125 Å². The van der Waals surface area contributed by atoms with Crippen molar-refractivity contribution in [3.05, 3.63) is 52.3 Å². The summed E-state index contributed by atoms with van der Waals surface area (Å²) in [5.74, 6) is -0.0343. The molecule has 0 spiro atoms. The lowest BCUT2D eigenvalue weighted by Crippen LogP contribution is -2.42. The van der Waals surface area contributed by atoms with E-state index in [0.29, 0.717) is 25.4 Å². The lowest BCUT2D eigenvalue weighted by molar-refractivity contribution is -0.0230. The Morgan fingerprint density at radius 2 is 2.15 bits per heavy atom. The zero-order valence-electron chi connectivity index (χ0n) is 10.8. The largest absolute Gasteiger partial charge is 0.370 e. The van der Waals surface area contributed by atoms with Crippen LogP contribution in [0.4, 0.5) is 0 Å². The molecule has 0 radical (unpaired) electrons. The van der Waals surface area contributed by atoms with Crippen LogP contribution in [0.5, 0.6) is 0 Å². The van der Waals surface area contributed by atoms with Gasteiger partial charge in [0, 0.05) is 17.2 Å². The summed E-state index contributed by atoms with van der Waals surface area (Å²) in [5, 5.41) is 6.52. The maximum absolute atomic E-state index is 12.3. The first-order valence-corrected chi connectivity index (χ1v) is 7.19. The number of morpholine rings is 1. The van der Waals surface area contributed by atoms with Gasteiger partial charge in [-0.25, -0.2) is 0 Å². The van der Waals surface area contributed by atoms with E-state index in [2.05, 4.69) is 26.1 Å². The summed E-state index contributed by atoms with van der Waals surface area (Å²) in [6.07, 6.45) is 1.50. The number of aromatic nitrogens is 2. The number of H-pyrrole nitrogens is 1. The third-order valence-corrected chi connectivity index (χ3v) is 3.86. The van der Waals surface area contributed by atoms with E-state index in [9.17, 15) is 4.79 Å². The molecule has 2 aromatic rings. The molecule has 1 aromatic carbocycles. The number of nitrogens with zero attached hydrogens (tertiary/aromatic N) is 2. The maximum atomic E-state index is 12.3. The minimum Gasteiger partial charge on any atom is -0.370 e. The predicted octanol–water partition coefficient (Wildman–Crippen LogP) is 2.39. The first kappa shape index (κ1) is 13.3. The van der Waals surface area contributed by atoms with Gasteiger partial charge in [-0.05, 0) is 23.8 Å². The summed E-state index contributed by atoms with van der Waals surface area (Å²) in [6.45, 7) is 1.70. The Kier molecular flexibility index (Phi) is 3.84. The summed E-state index contributed by atoms with van der Waals surface area (Å²) in [6, 6.07) is 9.67. The van der Waals surface area contributed by atoms with Crippen molar-refractivity contribution in [2.45, 2.75) is 6.10 Å². The monoisotopic (exact) mass is 335 g/mol. The number of aromatic amines is 1. The van der Waals surface area contributed by atoms with Gasteiger partial charge in [-0.1, -0.05) is 28.1 Å². The summed E-state index contributed by atoms with van der Waals surface area (Å²) in [4.78, 5) is 14.1. The minimum atomic E-state index is -0.0799. The quantitative estimate of drug-likeness (QED) is 0.916. The maximum Gasteiger partial charge on any atom is 0.272 e. The third-order valence-electron chi connectivity index (χ3n) is 3.33. The molecule has 1 saturated heterocycles. The van der Waals surface area contributed by atoms with Crippen molar-refractivity contribution in [3.8, 4) is 0 Å². The van der Waals surface area contributed by atoms with Crippen molar-refractivity contribution in [1.82, 2.24) is 15.1 Å². The van der Waals surface area contributed by atoms with Gasteiger partial charge < -0.3 is 9.64 Å². The first-order valence-electron chi connectivity index (χ1n) is 6.40. The SMILES string of the molecule is O=C(c1ccn[nH]1)N1CCOC(c2ccc(Br)cc2)C1. The zero-order valence-corrected chi connectivity index (χ0v) is 12.3. The molecule has 1 aliphatic heterocycles. The second-order valence-electron chi connectivity index (χ2n) is 4.63. The Bertz CT molecular complexity index is 583. The van der Waals surface area contributed by atoms with Crippen LogP contribution in [0.15, 0.2) is 41.0 Å². The molecule has 1 aromatic heterocycles. The van der Waals surface area contributed by atoms with Crippen molar-refractivity contribution < 1.29 is 9.53 Å². The van der Waals surface area contributed by atoms with Crippen molar-refractivity contribution in [1.29, 1.82) is 0 Å². The van der Waals surface area contributed by atoms with Crippen LogP contribution in [-0.4, -0.2) is 40.7 Å². The Balaban J connectivity index is 1.73. The molecule has 20 heavy (non-hydrogen) atoms. The topological polar surface area (TPSA) is 58.2 Å². The van der Waals surface area contributed by atoms with Crippen LogP contribution < -0.4 is 0 Å². The number of nitrogens with one attached hydrogen (secondary N) is 1. The van der Waals surface area contributed by atoms with Gasteiger partial charge in [0.1, 0.15) is 11.8 Å². The molecule has 5 nitrogen and oxygen atoms in total. The van der Waals surface area contributed by atoms with Gasteiger partial charge in [-0.15, -0.1) is 0 Å². The van der Waals surface area contributed by atoms with Crippen LogP contribution in [0.25, 0.3) is 0 Å². The summed E-state index contributed by atoms with van der Waals surface area (Å²) < 4.78 is 6.80. The van der Waals surface area contributed by atoms with Crippen LogP contribution in [0.2, 0.25) is 0 Å². The molecule has 6 heteroatoms. The second kappa shape index (κ2) is 5.76. The second-order valence-corrected chi connectivity index (χ2v) is 5.55. The van der Waals surface area contributed by atoms with E-state index in [1.807, 2.05) is 24.3 Å². The zero-order chi connectivity index (χ0) is 13.9. The summed E-state index contributed by atoms with van der Waals surface area (Å²) in [5.41, 5.74) is 1.59. The van der Waals surface area contributed by atoms with E-state index < -0.39 is 0 Å². The number of carbonyl (C=O) groups is 1. The van der Waals surface area contributed by atoms with Gasteiger partial charge >= 0.3 is 0 Å². The van der Waals surface area contributed by atoms with Crippen LogP contribution in [-0.2, 0) is 4.74 Å². The van der Waals surface area contributed by atoms with Gasteiger partial charge in [0.2, 0.25) is 0 Å². The molecule has 1 unspecified atom stereocenters. The highest BCUT2D eigenvalue weighted by Gasteiger charge is 2.26. The molecule has 104 valence electrons. The standard InChI is InChI=1S/C14H14BrN3O2/c15-11-3-1-10(2-4-11)13-9-18(7-8-20-13)14(19)12-5-6-16-17-12/h1-6,13H,7-9H2,(H,16,17). The predicted molar refractivity (Wildman–Crippen MR) is 77.3 cm³/mol. The lowest BCUT2D eigenvalue weighted by atomic mass is 10.1. The van der Waals surface area contributed by atoms with E-state index in [1.54, 1.807) is 17.2 Å². The van der Waals surface area contributed by atoms with E-state index in [4.69, 9.17) is 4.74 Å². The van der Waals surface area contributed by atoms with Crippen molar-refractivity contribution in [2.75, 3.05) is 19.7 Å². The molecule has 0 saturated carbocycles. The molecular formula is C14H14BrN3O2. The summed E-state index contributed by atoms with van der Waals surface area (Å²) >= 11 is 3.41. The van der Waals surface area contributed by atoms with Gasteiger partial charge in [-0.3, -0.25) is 9.89 Å². The fraction of sp³-hybridized carbons (Fsp3) is 0.286. The Hall–Kier alpha value is -1.66. The molecule has 2 heterocycles. The number of rotatable bonds is 2. The van der Waals surface area contributed by atoms with Gasteiger partial charge in [-0.2, -0.15) is 5.10 Å². The molecule has 1 aliphatic rings. The lowest BCUT2D eigenvalue weighted by Gasteiger charge is -2.33. The van der Waals surface area contributed by atoms with Crippen molar-refractivity contribution in [2.24, 2.45) is 0 Å². The average Bonchev–Trinajstić information content (AvgIpc) is 3.01. The van der Waals surface area contributed by atoms with Crippen molar-refractivity contribution >= 4 is 21.8 Å². The summed E-state index contributed by atoms with van der Waals surface area (Å²) in [7, 11) is 0. The molecule has 0 bridgehead atoms. The molecule has 1 amide bonds. The molecular weight excluding hydrogens is 322 g/mol. The number of hydrogen-bond acceptors (Lipinski definition) is 3. The van der Waals surface area contributed by atoms with E-state index in [0.717, 1.165) is 10.0 Å². The van der Waals surface area contributed by atoms with Gasteiger partial charge in [0.05, 0.1) is 13.2 Å². The van der Waals surface area contributed by atoms with Gasteiger partial charge in [0.25, 0.3) is 5.91 Å². The highest BCUT2D eigenvalue weighted by atomic mass is 79.9. The number of amides is 1. The van der Waals surface area contributed by atoms with Crippen molar-refractivity contribution in [3.63, 3.8) is 0 Å². The molecule has 1 fully saturated rings. The van der Waals surface area contributed by atoms with Crippen LogP contribution in [0.1, 0.15) is 22.2 Å². The highest BCUT2D eigenvalue weighted by molar-refractivity contribution is 9.10. The highest BCUT2D eigenvalue weighted by Crippen LogP contribution is 2.24. The fourth-order valence-electron chi connectivity index (χ4n) is 2.26. The number of hydrogen-bond donors (Lipinski definition) is 1. The Morgan fingerprint density at radius 3 is 2.85 bits per heavy atom. The average molecular weight is 336 g/mol. The minimum absolute atomic E-state index is 0.0343. The van der Waals surface area contributed by atoms with E-state index >= 15 is 0 Å². The van der Waals surface area contributed by atoms with E-state index in [-0.39, 0.29) is 12.0 Å². The molecule has 1 N–H and O–H groups in total. The van der Waals surface area contributed by atoms with E-state index in [1.165, 1.54) is 0 Å². The Morgan fingerprint density at radius 1 is 1.35 bits per heavy atom. The molecule has 1 atom stereocenters. The molecule has 3 rings (SSSR count).